The smallest absolute Gasteiger partial charge is 0.163 e. The lowest BCUT2D eigenvalue weighted by atomic mass is 10.2. The number of aryl methyl sites for hydroxylation is 1. The van der Waals surface area contributed by atoms with Crippen LogP contribution in [-0.2, 0) is 0 Å². The third-order valence-corrected chi connectivity index (χ3v) is 3.90. The zero-order valence-corrected chi connectivity index (χ0v) is 14.2. The van der Waals surface area contributed by atoms with E-state index in [0.29, 0.717) is 17.2 Å². The van der Waals surface area contributed by atoms with Gasteiger partial charge in [-0.2, -0.15) is 5.10 Å². The number of hydrogen-bond acceptors (Lipinski definition) is 5. The number of Topliss-reactive ketones (excluding diaryl/α,β-unsaturated/α-hetero) is 1. The van der Waals surface area contributed by atoms with Crippen LogP contribution in [0.3, 0.4) is 0 Å². The molecular weight excluding hydrogens is 302 g/mol. The minimum absolute atomic E-state index is 0.00819. The number of ketones is 1. The van der Waals surface area contributed by atoms with Gasteiger partial charge in [-0.15, -0.1) is 0 Å². The van der Waals surface area contributed by atoms with Gasteiger partial charge in [0.15, 0.2) is 11.6 Å². The van der Waals surface area contributed by atoms with E-state index in [1.807, 2.05) is 62.2 Å². The van der Waals surface area contributed by atoms with Gasteiger partial charge in [0.25, 0.3) is 0 Å². The maximum atomic E-state index is 11.6. The molecular formula is C18H19N5O. The number of rotatable bonds is 4. The molecule has 0 amide bonds. The molecule has 2 heterocycles. The molecule has 0 aliphatic carbocycles. The van der Waals surface area contributed by atoms with E-state index >= 15 is 0 Å². The molecule has 0 radical (unpaired) electrons. The van der Waals surface area contributed by atoms with E-state index in [-0.39, 0.29) is 5.78 Å². The SMILES string of the molecule is CC(=O)c1cnn(-c2cc(N(C)c3ccccc3)nc(C)n2)c1C. The predicted molar refractivity (Wildman–Crippen MR) is 93.1 cm³/mol. The molecule has 24 heavy (non-hydrogen) atoms. The van der Waals surface area contributed by atoms with Crippen molar-refractivity contribution >= 4 is 17.3 Å². The van der Waals surface area contributed by atoms with E-state index in [1.165, 1.54) is 6.92 Å². The number of para-hydroxylation sites is 1. The van der Waals surface area contributed by atoms with Crippen molar-refractivity contribution in [2.45, 2.75) is 20.8 Å². The predicted octanol–water partition coefficient (Wildman–Crippen LogP) is 3.25. The van der Waals surface area contributed by atoms with Crippen molar-refractivity contribution < 1.29 is 4.79 Å². The Labute approximate surface area is 140 Å². The van der Waals surface area contributed by atoms with Crippen LogP contribution >= 0.6 is 0 Å². The lowest BCUT2D eigenvalue weighted by Crippen LogP contribution is -2.14. The third kappa shape index (κ3) is 2.90. The van der Waals surface area contributed by atoms with E-state index in [2.05, 4.69) is 15.1 Å². The van der Waals surface area contributed by atoms with Crippen molar-refractivity contribution in [3.63, 3.8) is 0 Å². The molecule has 2 aromatic heterocycles. The molecule has 0 saturated heterocycles. The Morgan fingerprint density at radius 2 is 1.83 bits per heavy atom. The molecule has 0 saturated carbocycles. The Morgan fingerprint density at radius 3 is 2.46 bits per heavy atom. The van der Waals surface area contributed by atoms with Crippen LogP contribution in [0, 0.1) is 13.8 Å². The molecule has 0 aliphatic rings. The minimum atomic E-state index is -0.00819. The van der Waals surface area contributed by atoms with Crippen LogP contribution in [0.5, 0.6) is 0 Å². The fourth-order valence-corrected chi connectivity index (χ4v) is 2.59. The standard InChI is InChI=1S/C18H19N5O/c1-12-16(13(2)24)11-19-23(12)18-10-17(20-14(3)21-18)22(4)15-8-6-5-7-9-15/h5-11H,1-4H3. The molecule has 0 fully saturated rings. The number of carbonyl (C=O) groups is 1. The highest BCUT2D eigenvalue weighted by atomic mass is 16.1. The molecule has 0 aliphatic heterocycles. The molecule has 3 aromatic rings. The lowest BCUT2D eigenvalue weighted by molar-refractivity contribution is 0.101. The number of benzene rings is 1. The summed E-state index contributed by atoms with van der Waals surface area (Å²) in [6.07, 6.45) is 1.58. The molecule has 0 unspecified atom stereocenters. The molecule has 6 nitrogen and oxygen atoms in total. The summed E-state index contributed by atoms with van der Waals surface area (Å²) in [7, 11) is 1.96. The highest BCUT2D eigenvalue weighted by Crippen LogP contribution is 2.23. The van der Waals surface area contributed by atoms with E-state index in [0.717, 1.165) is 17.2 Å². The number of nitrogens with zero attached hydrogens (tertiary/aromatic N) is 5. The van der Waals surface area contributed by atoms with Gasteiger partial charge < -0.3 is 4.90 Å². The molecule has 0 bridgehead atoms. The van der Waals surface area contributed by atoms with Crippen LogP contribution in [0.25, 0.3) is 5.82 Å². The van der Waals surface area contributed by atoms with Crippen LogP contribution in [0.4, 0.5) is 11.5 Å². The average molecular weight is 321 g/mol. The Hall–Kier alpha value is -3.02. The van der Waals surface area contributed by atoms with Gasteiger partial charge in [-0.05, 0) is 32.9 Å². The molecule has 0 N–H and O–H groups in total. The Kier molecular flexibility index (Phi) is 4.12. The number of anilines is 2. The highest BCUT2D eigenvalue weighted by molar-refractivity contribution is 5.95. The van der Waals surface area contributed by atoms with E-state index < -0.39 is 0 Å². The van der Waals surface area contributed by atoms with Gasteiger partial charge in [-0.3, -0.25) is 4.79 Å². The first-order chi connectivity index (χ1) is 11.5. The molecule has 0 atom stereocenters. The van der Waals surface area contributed by atoms with Crippen molar-refractivity contribution in [3.05, 3.63) is 59.7 Å². The summed E-state index contributed by atoms with van der Waals surface area (Å²) in [5.74, 6) is 2.05. The summed E-state index contributed by atoms with van der Waals surface area (Å²) < 4.78 is 1.67. The van der Waals surface area contributed by atoms with Gasteiger partial charge in [-0.1, -0.05) is 18.2 Å². The van der Waals surface area contributed by atoms with Gasteiger partial charge in [-0.25, -0.2) is 14.6 Å². The lowest BCUT2D eigenvalue weighted by Gasteiger charge is -2.19. The summed E-state index contributed by atoms with van der Waals surface area (Å²) in [6, 6.07) is 11.8. The molecule has 1 aromatic carbocycles. The van der Waals surface area contributed by atoms with Crippen LogP contribution < -0.4 is 4.90 Å². The topological polar surface area (TPSA) is 63.9 Å². The maximum Gasteiger partial charge on any atom is 0.163 e. The van der Waals surface area contributed by atoms with Crippen LogP contribution in [0.1, 0.15) is 28.8 Å². The van der Waals surface area contributed by atoms with E-state index in [4.69, 9.17) is 0 Å². The highest BCUT2D eigenvalue weighted by Gasteiger charge is 2.15. The van der Waals surface area contributed by atoms with Crippen molar-refractivity contribution in [1.82, 2.24) is 19.7 Å². The summed E-state index contributed by atoms with van der Waals surface area (Å²) in [4.78, 5) is 22.6. The van der Waals surface area contributed by atoms with E-state index in [1.54, 1.807) is 10.9 Å². The quantitative estimate of drug-likeness (QED) is 0.690. The molecule has 3 rings (SSSR count). The summed E-state index contributed by atoms with van der Waals surface area (Å²) >= 11 is 0. The van der Waals surface area contributed by atoms with Crippen molar-refractivity contribution in [2.24, 2.45) is 0 Å². The normalized spacial score (nSPS) is 10.7. The van der Waals surface area contributed by atoms with Crippen LogP contribution in [-0.4, -0.2) is 32.6 Å². The Balaban J connectivity index is 2.05. The molecule has 6 heteroatoms. The van der Waals surface area contributed by atoms with Crippen molar-refractivity contribution in [1.29, 1.82) is 0 Å². The second-order valence-electron chi connectivity index (χ2n) is 5.64. The maximum absolute atomic E-state index is 11.6. The van der Waals surface area contributed by atoms with Crippen LogP contribution in [0.15, 0.2) is 42.6 Å². The number of aromatic nitrogens is 4. The summed E-state index contributed by atoms with van der Waals surface area (Å²) in [5, 5.41) is 4.31. The average Bonchev–Trinajstić information content (AvgIpc) is 2.96. The second kappa shape index (κ2) is 6.23. The van der Waals surface area contributed by atoms with Crippen molar-refractivity contribution in [2.75, 3.05) is 11.9 Å². The Morgan fingerprint density at radius 1 is 1.12 bits per heavy atom. The zero-order chi connectivity index (χ0) is 17.3. The van der Waals surface area contributed by atoms with Gasteiger partial charge in [0.2, 0.25) is 0 Å². The summed E-state index contributed by atoms with van der Waals surface area (Å²) in [6.45, 7) is 5.24. The first-order valence-corrected chi connectivity index (χ1v) is 7.68. The van der Waals surface area contributed by atoms with Gasteiger partial charge in [0.1, 0.15) is 11.6 Å². The molecule has 122 valence electrons. The van der Waals surface area contributed by atoms with Crippen molar-refractivity contribution in [3.8, 4) is 5.82 Å². The minimum Gasteiger partial charge on any atom is -0.329 e. The monoisotopic (exact) mass is 321 g/mol. The van der Waals surface area contributed by atoms with Gasteiger partial charge in [0, 0.05) is 18.8 Å². The largest absolute Gasteiger partial charge is 0.329 e. The Bertz CT molecular complexity index is 886. The van der Waals surface area contributed by atoms with Gasteiger partial charge in [0.05, 0.1) is 17.5 Å². The summed E-state index contributed by atoms with van der Waals surface area (Å²) in [5.41, 5.74) is 2.40. The third-order valence-electron chi connectivity index (χ3n) is 3.90. The zero-order valence-electron chi connectivity index (χ0n) is 14.2. The first kappa shape index (κ1) is 15.9. The van der Waals surface area contributed by atoms with Gasteiger partial charge >= 0.3 is 0 Å². The number of hydrogen-bond donors (Lipinski definition) is 0. The molecule has 0 spiro atoms. The first-order valence-electron chi connectivity index (χ1n) is 7.68. The van der Waals surface area contributed by atoms with E-state index in [9.17, 15) is 4.79 Å². The fraction of sp³-hybridized carbons (Fsp3) is 0.222. The number of carbonyl (C=O) groups excluding carboxylic acids is 1. The second-order valence-corrected chi connectivity index (χ2v) is 5.64. The fourth-order valence-electron chi connectivity index (χ4n) is 2.59. The van der Waals surface area contributed by atoms with Crippen LogP contribution in [0.2, 0.25) is 0 Å².